The zero-order chi connectivity index (χ0) is 10.8. The first-order valence-corrected chi connectivity index (χ1v) is 5.96. The summed E-state index contributed by atoms with van der Waals surface area (Å²) in [7, 11) is 1.75. The molecule has 0 aliphatic heterocycles. The Morgan fingerprint density at radius 2 is 2.33 bits per heavy atom. The molecular formula is C10H12BrClN2O. The Morgan fingerprint density at radius 3 is 2.93 bits per heavy atom. The maximum atomic E-state index is 5.80. The van der Waals surface area contributed by atoms with Gasteiger partial charge in [0, 0.05) is 13.2 Å². The van der Waals surface area contributed by atoms with Crippen molar-refractivity contribution in [1.29, 1.82) is 0 Å². The number of methoxy groups -OCH3 is 1. The molecule has 0 radical (unpaired) electrons. The van der Waals surface area contributed by atoms with Crippen LogP contribution in [0.1, 0.15) is 12.8 Å². The van der Waals surface area contributed by atoms with E-state index >= 15 is 0 Å². The topological polar surface area (TPSA) is 34.1 Å². The molecule has 0 aromatic carbocycles. The van der Waals surface area contributed by atoms with Crippen LogP contribution in [0, 0.1) is 0 Å². The van der Waals surface area contributed by atoms with Crippen LogP contribution in [0.5, 0.6) is 0 Å². The van der Waals surface area contributed by atoms with Crippen molar-refractivity contribution in [3.05, 3.63) is 21.9 Å². The van der Waals surface area contributed by atoms with Gasteiger partial charge in [0.05, 0.1) is 22.5 Å². The number of ether oxygens (including phenoxy) is 1. The molecular weight excluding hydrogens is 279 g/mol. The van der Waals surface area contributed by atoms with Gasteiger partial charge in [0.1, 0.15) is 5.15 Å². The number of halogens is 2. The number of nitrogens with one attached hydrogen (secondary N) is 1. The van der Waals surface area contributed by atoms with Gasteiger partial charge in [0.25, 0.3) is 0 Å². The van der Waals surface area contributed by atoms with E-state index in [0.29, 0.717) is 17.3 Å². The fourth-order valence-corrected chi connectivity index (χ4v) is 2.06. The largest absolute Gasteiger partial charge is 0.381 e. The fourth-order valence-electron chi connectivity index (χ4n) is 1.61. The van der Waals surface area contributed by atoms with Crippen molar-refractivity contribution in [3.63, 3.8) is 0 Å². The molecule has 1 N–H and O–H groups in total. The summed E-state index contributed by atoms with van der Waals surface area (Å²) in [5, 5.41) is 3.87. The van der Waals surface area contributed by atoms with Crippen molar-refractivity contribution in [2.75, 3.05) is 12.4 Å². The molecule has 0 saturated heterocycles. The van der Waals surface area contributed by atoms with Crippen molar-refractivity contribution >= 4 is 33.2 Å². The molecule has 1 aromatic heterocycles. The molecule has 1 aromatic rings. The summed E-state index contributed by atoms with van der Waals surface area (Å²) in [5.74, 6) is 0. The Morgan fingerprint density at radius 1 is 1.60 bits per heavy atom. The first kappa shape index (κ1) is 11.2. The third-order valence-corrected chi connectivity index (χ3v) is 3.73. The molecule has 15 heavy (non-hydrogen) atoms. The summed E-state index contributed by atoms with van der Waals surface area (Å²) in [5.41, 5.74) is 0.992. The molecule has 1 fully saturated rings. The third kappa shape index (κ3) is 2.62. The average Bonchev–Trinajstić information content (AvgIpc) is 2.16. The number of rotatable bonds is 3. The Bertz CT molecular complexity index is 355. The number of hydrogen-bond acceptors (Lipinski definition) is 3. The van der Waals surface area contributed by atoms with Crippen LogP contribution in [-0.2, 0) is 4.74 Å². The maximum Gasteiger partial charge on any atom is 0.143 e. The molecule has 3 nitrogen and oxygen atoms in total. The van der Waals surface area contributed by atoms with E-state index in [1.165, 1.54) is 0 Å². The first-order chi connectivity index (χ1) is 7.19. The van der Waals surface area contributed by atoms with Gasteiger partial charge in [0.15, 0.2) is 0 Å². The van der Waals surface area contributed by atoms with Gasteiger partial charge < -0.3 is 10.1 Å². The number of aromatic nitrogens is 1. The van der Waals surface area contributed by atoms with Crippen LogP contribution in [0.25, 0.3) is 0 Å². The molecule has 1 heterocycles. The van der Waals surface area contributed by atoms with Crippen molar-refractivity contribution in [3.8, 4) is 0 Å². The van der Waals surface area contributed by atoms with Gasteiger partial charge in [-0.15, -0.1) is 0 Å². The maximum absolute atomic E-state index is 5.80. The molecule has 5 heteroatoms. The molecule has 0 atom stereocenters. The SMILES string of the molecule is COC1CC(Nc2cnc(Cl)c(Br)c2)C1. The van der Waals surface area contributed by atoms with Crippen LogP contribution in [0.3, 0.4) is 0 Å². The van der Waals surface area contributed by atoms with E-state index in [-0.39, 0.29) is 0 Å². The summed E-state index contributed by atoms with van der Waals surface area (Å²) in [6.07, 6.45) is 4.26. The van der Waals surface area contributed by atoms with E-state index in [0.717, 1.165) is 23.0 Å². The van der Waals surface area contributed by atoms with Gasteiger partial charge in [0.2, 0.25) is 0 Å². The number of nitrogens with zero attached hydrogens (tertiary/aromatic N) is 1. The summed E-state index contributed by atoms with van der Waals surface area (Å²) in [6.45, 7) is 0. The van der Waals surface area contributed by atoms with Gasteiger partial charge in [-0.3, -0.25) is 0 Å². The van der Waals surface area contributed by atoms with E-state index in [1.807, 2.05) is 6.07 Å². The Hall–Kier alpha value is -0.320. The quantitative estimate of drug-likeness (QED) is 0.869. The number of anilines is 1. The lowest BCUT2D eigenvalue weighted by molar-refractivity contribution is 0.0328. The van der Waals surface area contributed by atoms with Crippen molar-refractivity contribution < 1.29 is 4.74 Å². The fraction of sp³-hybridized carbons (Fsp3) is 0.500. The van der Waals surface area contributed by atoms with E-state index in [1.54, 1.807) is 13.3 Å². The van der Waals surface area contributed by atoms with Gasteiger partial charge in [-0.05, 0) is 34.8 Å². The predicted molar refractivity (Wildman–Crippen MR) is 64.4 cm³/mol. The van der Waals surface area contributed by atoms with Gasteiger partial charge in [-0.2, -0.15) is 0 Å². The minimum absolute atomic E-state index is 0.409. The molecule has 0 unspecified atom stereocenters. The standard InChI is InChI=1S/C10H12BrClN2O/c1-15-8-2-6(3-8)14-7-4-9(11)10(12)13-5-7/h4-6,8,14H,2-3H2,1H3. The van der Waals surface area contributed by atoms with Crippen molar-refractivity contribution in [2.24, 2.45) is 0 Å². The second-order valence-electron chi connectivity index (χ2n) is 3.67. The molecule has 1 aliphatic carbocycles. The Labute approximate surface area is 102 Å². The number of hydrogen-bond donors (Lipinski definition) is 1. The summed E-state index contributed by atoms with van der Waals surface area (Å²) >= 11 is 9.15. The minimum atomic E-state index is 0.409. The smallest absolute Gasteiger partial charge is 0.143 e. The summed E-state index contributed by atoms with van der Waals surface area (Å²) in [4.78, 5) is 4.05. The highest BCUT2D eigenvalue weighted by atomic mass is 79.9. The first-order valence-electron chi connectivity index (χ1n) is 4.79. The lowest BCUT2D eigenvalue weighted by Gasteiger charge is -2.35. The lowest BCUT2D eigenvalue weighted by atomic mass is 9.89. The highest BCUT2D eigenvalue weighted by molar-refractivity contribution is 9.10. The lowest BCUT2D eigenvalue weighted by Crippen LogP contribution is -2.40. The average molecular weight is 292 g/mol. The van der Waals surface area contributed by atoms with Gasteiger partial charge in [-0.1, -0.05) is 11.6 Å². The molecule has 82 valence electrons. The van der Waals surface area contributed by atoms with E-state index in [4.69, 9.17) is 16.3 Å². The third-order valence-electron chi connectivity index (χ3n) is 2.60. The number of pyridine rings is 1. The normalized spacial score (nSPS) is 24.7. The highest BCUT2D eigenvalue weighted by Gasteiger charge is 2.28. The van der Waals surface area contributed by atoms with Gasteiger partial charge in [-0.25, -0.2) is 4.98 Å². The molecule has 2 rings (SSSR count). The second-order valence-corrected chi connectivity index (χ2v) is 4.88. The van der Waals surface area contributed by atoms with Crippen LogP contribution in [-0.4, -0.2) is 24.2 Å². The van der Waals surface area contributed by atoms with Crippen molar-refractivity contribution in [1.82, 2.24) is 4.98 Å². The highest BCUT2D eigenvalue weighted by Crippen LogP contribution is 2.28. The molecule has 0 bridgehead atoms. The predicted octanol–water partition coefficient (Wildman–Crippen LogP) is 3.09. The Balaban J connectivity index is 1.92. The van der Waals surface area contributed by atoms with E-state index < -0.39 is 0 Å². The van der Waals surface area contributed by atoms with Crippen LogP contribution in [0.4, 0.5) is 5.69 Å². The van der Waals surface area contributed by atoms with Crippen LogP contribution >= 0.6 is 27.5 Å². The zero-order valence-electron chi connectivity index (χ0n) is 8.34. The van der Waals surface area contributed by atoms with E-state index in [9.17, 15) is 0 Å². The zero-order valence-corrected chi connectivity index (χ0v) is 10.7. The second kappa shape index (κ2) is 4.68. The Kier molecular flexibility index (Phi) is 3.49. The van der Waals surface area contributed by atoms with Gasteiger partial charge >= 0.3 is 0 Å². The molecule has 0 amide bonds. The molecule has 1 saturated carbocycles. The summed E-state index contributed by atoms with van der Waals surface area (Å²) < 4.78 is 6.03. The molecule has 0 spiro atoms. The summed E-state index contributed by atoms with van der Waals surface area (Å²) in [6, 6.07) is 2.43. The van der Waals surface area contributed by atoms with Crippen molar-refractivity contribution in [2.45, 2.75) is 25.0 Å². The monoisotopic (exact) mass is 290 g/mol. The van der Waals surface area contributed by atoms with Crippen LogP contribution < -0.4 is 5.32 Å². The van der Waals surface area contributed by atoms with Crippen LogP contribution in [0.15, 0.2) is 16.7 Å². The molecule has 1 aliphatic rings. The van der Waals surface area contributed by atoms with E-state index in [2.05, 4.69) is 26.2 Å². The minimum Gasteiger partial charge on any atom is -0.381 e. The van der Waals surface area contributed by atoms with Crippen LogP contribution in [0.2, 0.25) is 5.15 Å².